The summed E-state index contributed by atoms with van der Waals surface area (Å²) < 4.78 is 28.7. The molecule has 2 aromatic rings. The number of amides is 1. The van der Waals surface area contributed by atoms with E-state index in [-0.39, 0.29) is 35.1 Å². The number of aryl methyl sites for hydroxylation is 1. The molecule has 1 aromatic carbocycles. The monoisotopic (exact) mass is 421 g/mol. The van der Waals surface area contributed by atoms with E-state index in [0.29, 0.717) is 24.0 Å². The Morgan fingerprint density at radius 1 is 1.25 bits per heavy atom. The predicted molar refractivity (Wildman–Crippen MR) is 106 cm³/mol. The molecular weight excluding hydrogens is 398 g/mol. The minimum Gasteiger partial charge on any atom is -0.416 e. The van der Waals surface area contributed by atoms with E-state index in [4.69, 9.17) is 4.42 Å². The molecule has 1 aliphatic heterocycles. The van der Waals surface area contributed by atoms with E-state index in [0.717, 1.165) is 19.3 Å². The van der Waals surface area contributed by atoms with E-state index in [9.17, 15) is 13.2 Å². The third kappa shape index (κ3) is 4.75. The Morgan fingerprint density at radius 3 is 2.93 bits per heavy atom. The van der Waals surface area contributed by atoms with Crippen molar-refractivity contribution in [2.75, 3.05) is 17.3 Å². The zero-order valence-corrected chi connectivity index (χ0v) is 17.1. The van der Waals surface area contributed by atoms with Gasteiger partial charge in [0.2, 0.25) is 11.8 Å². The first-order chi connectivity index (χ1) is 13.5. The van der Waals surface area contributed by atoms with Gasteiger partial charge >= 0.3 is 0 Å². The Balaban J connectivity index is 1.27. The summed E-state index contributed by atoms with van der Waals surface area (Å²) in [5.74, 6) is 1.04. The molecule has 0 unspecified atom stereocenters. The van der Waals surface area contributed by atoms with Crippen molar-refractivity contribution in [2.45, 2.75) is 43.4 Å². The Morgan fingerprint density at radius 2 is 2.11 bits per heavy atom. The van der Waals surface area contributed by atoms with Crippen molar-refractivity contribution in [3.63, 3.8) is 0 Å². The van der Waals surface area contributed by atoms with Crippen LogP contribution in [0.3, 0.4) is 0 Å². The summed E-state index contributed by atoms with van der Waals surface area (Å²) in [5, 5.41) is 11.4. The Bertz CT molecular complexity index is 958. The summed E-state index contributed by atoms with van der Waals surface area (Å²) in [6.07, 6.45) is 4.18. The van der Waals surface area contributed by atoms with Gasteiger partial charge in [-0.2, -0.15) is 0 Å². The SMILES string of the molecule is O=C(CSc1nnc(C[C@H]2CCS(=O)(=O)C2)o1)N[C@H]1CCCc2ccccc21. The molecule has 1 saturated heterocycles. The van der Waals surface area contributed by atoms with Crippen molar-refractivity contribution in [3.05, 3.63) is 41.3 Å². The van der Waals surface area contributed by atoms with Gasteiger partial charge in [-0.25, -0.2) is 8.42 Å². The summed E-state index contributed by atoms with van der Waals surface area (Å²) in [6, 6.07) is 8.30. The van der Waals surface area contributed by atoms with Crippen molar-refractivity contribution in [1.82, 2.24) is 15.5 Å². The van der Waals surface area contributed by atoms with Crippen molar-refractivity contribution >= 4 is 27.5 Å². The molecule has 2 heterocycles. The first-order valence-electron chi connectivity index (χ1n) is 9.51. The van der Waals surface area contributed by atoms with Crippen molar-refractivity contribution in [1.29, 1.82) is 0 Å². The van der Waals surface area contributed by atoms with Gasteiger partial charge in [-0.1, -0.05) is 36.0 Å². The van der Waals surface area contributed by atoms with Gasteiger partial charge in [0.1, 0.15) is 0 Å². The second-order valence-electron chi connectivity index (χ2n) is 7.43. The minimum atomic E-state index is -2.91. The van der Waals surface area contributed by atoms with E-state index in [1.165, 1.54) is 22.9 Å². The van der Waals surface area contributed by atoms with Gasteiger partial charge in [-0.15, -0.1) is 10.2 Å². The number of thioether (sulfide) groups is 1. The number of aromatic nitrogens is 2. The molecule has 0 saturated carbocycles. The Hall–Kier alpha value is -1.87. The molecule has 150 valence electrons. The van der Waals surface area contributed by atoms with Gasteiger partial charge in [0, 0.05) is 6.42 Å². The van der Waals surface area contributed by atoms with Crippen LogP contribution >= 0.6 is 11.8 Å². The van der Waals surface area contributed by atoms with E-state index >= 15 is 0 Å². The van der Waals surface area contributed by atoms with E-state index in [2.05, 4.69) is 27.6 Å². The summed E-state index contributed by atoms with van der Waals surface area (Å²) in [6.45, 7) is 0. The van der Waals surface area contributed by atoms with Gasteiger partial charge < -0.3 is 9.73 Å². The standard InChI is InChI=1S/C19H23N3O4S2/c23-17(20-16-7-3-5-14-4-1-2-6-15(14)16)11-27-19-22-21-18(26-19)10-13-8-9-28(24,25)12-13/h1-2,4,6,13,16H,3,5,7-12H2,(H,20,23)/t13-,16+/m1/s1. The normalized spacial score (nSPS) is 23.3. The van der Waals surface area contributed by atoms with Crippen molar-refractivity contribution in [2.24, 2.45) is 5.92 Å². The van der Waals surface area contributed by atoms with E-state index in [1.54, 1.807) is 0 Å². The van der Waals surface area contributed by atoms with Crippen molar-refractivity contribution in [3.8, 4) is 0 Å². The lowest BCUT2D eigenvalue weighted by molar-refractivity contribution is -0.119. The molecule has 7 nitrogen and oxygen atoms in total. The second kappa shape index (κ2) is 8.24. The number of hydrogen-bond donors (Lipinski definition) is 1. The van der Waals surface area contributed by atoms with Crippen LogP contribution in [-0.2, 0) is 27.5 Å². The molecule has 0 radical (unpaired) electrons. The molecule has 1 aromatic heterocycles. The molecule has 1 aliphatic carbocycles. The maximum Gasteiger partial charge on any atom is 0.277 e. The molecule has 1 amide bonds. The first-order valence-corrected chi connectivity index (χ1v) is 12.3. The lowest BCUT2D eigenvalue weighted by Gasteiger charge is -2.26. The molecule has 4 rings (SSSR count). The third-order valence-corrected chi connectivity index (χ3v) is 7.93. The first kappa shape index (κ1) is 19.4. The molecular formula is C19H23N3O4S2. The Kier molecular flexibility index (Phi) is 5.73. The molecule has 9 heteroatoms. The Labute approximate surface area is 168 Å². The molecule has 1 N–H and O–H groups in total. The number of benzene rings is 1. The van der Waals surface area contributed by atoms with Crippen LogP contribution in [0.2, 0.25) is 0 Å². The van der Waals surface area contributed by atoms with Gasteiger partial charge in [0.15, 0.2) is 9.84 Å². The largest absolute Gasteiger partial charge is 0.416 e. The highest BCUT2D eigenvalue weighted by Crippen LogP contribution is 2.29. The fourth-order valence-corrected chi connectivity index (χ4v) is 6.38. The number of nitrogens with zero attached hydrogens (tertiary/aromatic N) is 2. The topological polar surface area (TPSA) is 102 Å². The van der Waals surface area contributed by atoms with E-state index in [1.807, 2.05) is 12.1 Å². The number of fused-ring (bicyclic) bond motifs is 1. The van der Waals surface area contributed by atoms with Crippen molar-refractivity contribution < 1.29 is 17.6 Å². The lowest BCUT2D eigenvalue weighted by Crippen LogP contribution is -2.32. The molecule has 1 fully saturated rings. The molecule has 0 bridgehead atoms. The predicted octanol–water partition coefficient (Wildman–Crippen LogP) is 2.33. The number of carbonyl (C=O) groups is 1. The highest BCUT2D eigenvalue weighted by molar-refractivity contribution is 7.99. The zero-order chi connectivity index (χ0) is 19.6. The molecule has 0 spiro atoms. The van der Waals surface area contributed by atoms with Crippen LogP contribution in [0.1, 0.15) is 42.3 Å². The fourth-order valence-electron chi connectivity index (χ4n) is 3.93. The van der Waals surface area contributed by atoms with Crippen LogP contribution in [0.25, 0.3) is 0 Å². The maximum absolute atomic E-state index is 12.4. The summed E-state index contributed by atoms with van der Waals surface area (Å²) in [7, 11) is -2.91. The van der Waals surface area contributed by atoms with Gasteiger partial charge in [0.25, 0.3) is 5.22 Å². The van der Waals surface area contributed by atoms with Gasteiger partial charge in [0.05, 0.1) is 23.3 Å². The maximum atomic E-state index is 12.4. The van der Waals surface area contributed by atoms with Crippen LogP contribution in [0.4, 0.5) is 0 Å². The van der Waals surface area contributed by atoms with Crippen LogP contribution < -0.4 is 5.32 Å². The smallest absolute Gasteiger partial charge is 0.277 e. The highest BCUT2D eigenvalue weighted by Gasteiger charge is 2.29. The number of carbonyl (C=O) groups excluding carboxylic acids is 1. The molecule has 2 atom stereocenters. The van der Waals surface area contributed by atoms with Crippen LogP contribution in [-0.4, -0.2) is 41.8 Å². The van der Waals surface area contributed by atoms with Crippen LogP contribution in [0.5, 0.6) is 0 Å². The van der Waals surface area contributed by atoms with Gasteiger partial charge in [-0.05, 0) is 42.7 Å². The van der Waals surface area contributed by atoms with E-state index < -0.39 is 9.84 Å². The average molecular weight is 422 g/mol. The zero-order valence-electron chi connectivity index (χ0n) is 15.5. The number of hydrogen-bond acceptors (Lipinski definition) is 7. The van der Waals surface area contributed by atoms with Crippen LogP contribution in [0.15, 0.2) is 33.9 Å². The minimum absolute atomic E-state index is 0.0398. The fraction of sp³-hybridized carbons (Fsp3) is 0.526. The second-order valence-corrected chi connectivity index (χ2v) is 10.6. The quantitative estimate of drug-likeness (QED) is 0.714. The highest BCUT2D eigenvalue weighted by atomic mass is 32.2. The number of sulfone groups is 1. The summed E-state index contributed by atoms with van der Waals surface area (Å²) in [5.41, 5.74) is 2.51. The average Bonchev–Trinajstić information content (AvgIpc) is 3.26. The number of nitrogens with one attached hydrogen (secondary N) is 1. The van der Waals surface area contributed by atoms with Gasteiger partial charge in [-0.3, -0.25) is 4.79 Å². The lowest BCUT2D eigenvalue weighted by atomic mass is 9.88. The molecule has 28 heavy (non-hydrogen) atoms. The third-order valence-electron chi connectivity index (χ3n) is 5.27. The summed E-state index contributed by atoms with van der Waals surface area (Å²) in [4.78, 5) is 12.4. The summed E-state index contributed by atoms with van der Waals surface area (Å²) >= 11 is 1.21. The van der Waals surface area contributed by atoms with Crippen LogP contribution in [0, 0.1) is 5.92 Å². The number of rotatable bonds is 6. The molecule has 2 aliphatic rings.